The molecule has 0 radical (unpaired) electrons. The molecule has 0 saturated heterocycles. The van der Waals surface area contributed by atoms with Gasteiger partial charge in [-0.1, -0.05) is 0 Å². The van der Waals surface area contributed by atoms with E-state index in [-0.39, 0.29) is 0 Å². The van der Waals surface area contributed by atoms with Crippen molar-refractivity contribution in [1.82, 2.24) is 16.0 Å². The predicted octanol–water partition coefficient (Wildman–Crippen LogP) is -4.39. The largest absolute Gasteiger partial charge is 0.481 e. The molecule has 4 amide bonds. The number of rotatable bonds is 13. The maximum absolute atomic E-state index is 12.4. The van der Waals surface area contributed by atoms with Gasteiger partial charge in [-0.2, -0.15) is 0 Å². The first-order valence-electron chi connectivity index (χ1n) is 8.40. The monoisotopic (exact) mass is 419 g/mol. The lowest BCUT2D eigenvalue weighted by Gasteiger charge is -2.24. The Kier molecular flexibility index (Phi) is 10.9. The summed E-state index contributed by atoms with van der Waals surface area (Å²) in [6.45, 7) is 0.606. The fourth-order valence-corrected chi connectivity index (χ4v) is 2.12. The number of carbonyl (C=O) groups is 6. The van der Waals surface area contributed by atoms with Crippen LogP contribution in [0.2, 0.25) is 0 Å². The fourth-order valence-electron chi connectivity index (χ4n) is 2.12. The zero-order valence-corrected chi connectivity index (χ0v) is 15.6. The molecule has 0 aliphatic rings. The summed E-state index contributed by atoms with van der Waals surface area (Å²) in [6, 6.07) is -4.75. The maximum atomic E-state index is 12.4. The molecule has 0 bridgehead atoms. The van der Waals surface area contributed by atoms with Crippen molar-refractivity contribution in [2.45, 2.75) is 50.4 Å². The Morgan fingerprint density at radius 3 is 1.90 bits per heavy atom. The van der Waals surface area contributed by atoms with E-state index in [1.807, 2.05) is 5.32 Å². The number of amides is 4. The highest BCUT2D eigenvalue weighted by atomic mass is 16.4. The Morgan fingerprint density at radius 1 is 0.931 bits per heavy atom. The summed E-state index contributed by atoms with van der Waals surface area (Å²) >= 11 is 0. The number of hydrogen-bond acceptors (Lipinski definition) is 8. The average molecular weight is 419 g/mol. The normalized spacial score (nSPS) is 14.6. The molecule has 29 heavy (non-hydrogen) atoms. The molecule has 0 heterocycles. The third-order valence-electron chi connectivity index (χ3n) is 3.57. The van der Waals surface area contributed by atoms with E-state index < -0.39 is 85.6 Å². The first-order chi connectivity index (χ1) is 13.4. The van der Waals surface area contributed by atoms with E-state index in [9.17, 15) is 33.9 Å². The van der Waals surface area contributed by atoms with E-state index in [0.29, 0.717) is 0 Å². The Balaban J connectivity index is 5.45. The Hall–Kier alpha value is -3.26. The van der Waals surface area contributed by atoms with Crippen molar-refractivity contribution in [1.29, 1.82) is 0 Å². The lowest BCUT2D eigenvalue weighted by molar-refractivity contribution is -0.145. The first-order valence-corrected chi connectivity index (χ1v) is 8.40. The molecule has 0 rings (SSSR count). The van der Waals surface area contributed by atoms with Crippen molar-refractivity contribution in [2.24, 2.45) is 11.5 Å². The van der Waals surface area contributed by atoms with Crippen molar-refractivity contribution < 1.29 is 44.1 Å². The molecule has 14 nitrogen and oxygen atoms in total. The van der Waals surface area contributed by atoms with Crippen molar-refractivity contribution in [3.05, 3.63) is 0 Å². The van der Waals surface area contributed by atoms with Gasteiger partial charge in [0.2, 0.25) is 23.6 Å². The van der Waals surface area contributed by atoms with Gasteiger partial charge in [-0.05, 0) is 13.3 Å². The lowest BCUT2D eigenvalue weighted by Crippen LogP contribution is -2.58. The second kappa shape index (κ2) is 12.2. The third kappa shape index (κ3) is 10.0. The van der Waals surface area contributed by atoms with Crippen molar-refractivity contribution in [3.8, 4) is 0 Å². The van der Waals surface area contributed by atoms with Crippen LogP contribution in [0.15, 0.2) is 0 Å². The zero-order chi connectivity index (χ0) is 22.7. The van der Waals surface area contributed by atoms with Crippen LogP contribution in [0.5, 0.6) is 0 Å². The summed E-state index contributed by atoms with van der Waals surface area (Å²) in [6.07, 6.45) is -3.12. The second-order valence-electron chi connectivity index (χ2n) is 6.05. The highest BCUT2D eigenvalue weighted by molar-refractivity contribution is 5.95. The van der Waals surface area contributed by atoms with Crippen LogP contribution >= 0.6 is 0 Å². The molecule has 0 aliphatic carbocycles. The van der Waals surface area contributed by atoms with Crippen LogP contribution in [-0.4, -0.2) is 81.7 Å². The van der Waals surface area contributed by atoms with Crippen LogP contribution in [0, 0.1) is 0 Å². The molecule has 10 N–H and O–H groups in total. The van der Waals surface area contributed by atoms with Gasteiger partial charge >= 0.3 is 11.9 Å². The molecule has 4 unspecified atom stereocenters. The van der Waals surface area contributed by atoms with Crippen molar-refractivity contribution in [2.75, 3.05) is 6.54 Å². The molecule has 14 heteroatoms. The summed E-state index contributed by atoms with van der Waals surface area (Å²) in [5.41, 5.74) is 10.1. The van der Waals surface area contributed by atoms with Crippen LogP contribution in [0.3, 0.4) is 0 Å². The SMILES string of the molecule is CC(O)C(NC(=O)C(CCC(=O)O)NC(=O)C(CC(N)=O)NC(=O)CN)C(=O)O. The Labute approximate surface area is 165 Å². The molecule has 0 spiro atoms. The van der Waals surface area contributed by atoms with E-state index in [1.165, 1.54) is 0 Å². The number of nitrogens with two attached hydrogens (primary N) is 2. The van der Waals surface area contributed by atoms with Crippen LogP contribution in [0.25, 0.3) is 0 Å². The van der Waals surface area contributed by atoms with E-state index in [1.54, 1.807) is 0 Å². The minimum absolute atomic E-state index is 0.437. The van der Waals surface area contributed by atoms with Crippen molar-refractivity contribution >= 4 is 35.6 Å². The van der Waals surface area contributed by atoms with Gasteiger partial charge in [0.15, 0.2) is 6.04 Å². The molecule has 0 aliphatic heterocycles. The minimum Gasteiger partial charge on any atom is -0.481 e. The van der Waals surface area contributed by atoms with Gasteiger partial charge in [0.25, 0.3) is 0 Å². The van der Waals surface area contributed by atoms with Gasteiger partial charge in [0.05, 0.1) is 19.1 Å². The molecule has 0 aromatic rings. The molecule has 0 aromatic carbocycles. The van der Waals surface area contributed by atoms with E-state index in [0.717, 1.165) is 6.92 Å². The summed E-state index contributed by atoms with van der Waals surface area (Å²) < 4.78 is 0. The summed E-state index contributed by atoms with van der Waals surface area (Å²) in [7, 11) is 0. The number of aliphatic carboxylic acids is 2. The van der Waals surface area contributed by atoms with Crippen molar-refractivity contribution in [3.63, 3.8) is 0 Å². The summed E-state index contributed by atoms with van der Waals surface area (Å²) in [5.74, 6) is -6.73. The fraction of sp³-hybridized carbons (Fsp3) is 0.600. The maximum Gasteiger partial charge on any atom is 0.328 e. The van der Waals surface area contributed by atoms with Gasteiger partial charge < -0.3 is 42.7 Å². The first kappa shape index (κ1) is 25.7. The number of aliphatic hydroxyl groups excluding tert-OH is 1. The van der Waals surface area contributed by atoms with E-state index in [2.05, 4.69) is 10.6 Å². The van der Waals surface area contributed by atoms with Gasteiger partial charge in [0, 0.05) is 6.42 Å². The smallest absolute Gasteiger partial charge is 0.328 e. The molecular formula is C15H25N5O9. The number of primary amides is 1. The molecule has 0 saturated carbocycles. The molecule has 164 valence electrons. The summed E-state index contributed by atoms with van der Waals surface area (Å²) in [5, 5.41) is 33.5. The van der Waals surface area contributed by atoms with Gasteiger partial charge in [-0.3, -0.25) is 24.0 Å². The number of carboxylic acids is 2. The quantitative estimate of drug-likeness (QED) is 0.142. The van der Waals surface area contributed by atoms with Crippen LogP contribution in [0.1, 0.15) is 26.2 Å². The number of hydrogen-bond donors (Lipinski definition) is 8. The number of carbonyl (C=O) groups excluding carboxylic acids is 4. The standard InChI is InChI=1S/C15H25N5O9/c1-6(21)12(15(28)29)20-13(26)7(2-3-11(24)25)19-14(27)8(4-9(17)22)18-10(23)5-16/h6-8,12,21H,2-5,16H2,1H3,(H2,17,22)(H,18,23)(H,19,27)(H,20,26)(H,24,25)(H,28,29). The topological polar surface area (TPSA) is 251 Å². The van der Waals surface area contributed by atoms with Gasteiger partial charge in [-0.15, -0.1) is 0 Å². The van der Waals surface area contributed by atoms with Crippen LogP contribution in [-0.2, 0) is 28.8 Å². The zero-order valence-electron chi connectivity index (χ0n) is 15.6. The number of nitrogens with one attached hydrogen (secondary N) is 3. The highest BCUT2D eigenvalue weighted by Gasteiger charge is 2.32. The van der Waals surface area contributed by atoms with E-state index in [4.69, 9.17) is 21.7 Å². The molecule has 4 atom stereocenters. The predicted molar refractivity (Wildman–Crippen MR) is 94.8 cm³/mol. The molecule has 0 aromatic heterocycles. The molecule has 0 fully saturated rings. The molecular weight excluding hydrogens is 394 g/mol. The van der Waals surface area contributed by atoms with Gasteiger partial charge in [-0.25, -0.2) is 4.79 Å². The lowest BCUT2D eigenvalue weighted by atomic mass is 10.1. The van der Waals surface area contributed by atoms with E-state index >= 15 is 0 Å². The minimum atomic E-state index is -1.72. The highest BCUT2D eigenvalue weighted by Crippen LogP contribution is 2.03. The Bertz CT molecular complexity index is 652. The Morgan fingerprint density at radius 2 is 1.48 bits per heavy atom. The number of aliphatic hydroxyl groups is 1. The number of carboxylic acid groups (broad SMARTS) is 2. The van der Waals surface area contributed by atoms with Crippen LogP contribution < -0.4 is 27.4 Å². The average Bonchev–Trinajstić information content (AvgIpc) is 2.60. The second-order valence-corrected chi connectivity index (χ2v) is 6.05. The van der Waals surface area contributed by atoms with Gasteiger partial charge in [0.1, 0.15) is 12.1 Å². The van der Waals surface area contributed by atoms with Crippen LogP contribution in [0.4, 0.5) is 0 Å². The summed E-state index contributed by atoms with van der Waals surface area (Å²) in [4.78, 5) is 69.2. The third-order valence-corrected chi connectivity index (χ3v) is 3.57.